The molecule has 1 fully saturated rings. The third-order valence-corrected chi connectivity index (χ3v) is 4.27. The normalized spacial score (nSPS) is 17.0. The highest BCUT2D eigenvalue weighted by atomic mass is 35.5. The van der Waals surface area contributed by atoms with E-state index in [2.05, 4.69) is 5.32 Å². The first-order chi connectivity index (χ1) is 11.1. The Kier molecular flexibility index (Phi) is 8.61. The number of carbonyl (C=O) groups excluding carboxylic acids is 2. The summed E-state index contributed by atoms with van der Waals surface area (Å²) < 4.78 is 0. The molecular weight excluding hydrogens is 326 g/mol. The van der Waals surface area contributed by atoms with Crippen molar-refractivity contribution in [2.45, 2.75) is 39.0 Å². The van der Waals surface area contributed by atoms with Crippen molar-refractivity contribution >= 4 is 29.9 Å². The Bertz CT molecular complexity index is 534. The summed E-state index contributed by atoms with van der Waals surface area (Å²) in [6, 6.07) is 7.45. The first-order valence-electron chi connectivity index (χ1n) is 8.47. The van der Waals surface area contributed by atoms with Gasteiger partial charge in [-0.05, 0) is 42.9 Å². The van der Waals surface area contributed by atoms with Crippen LogP contribution in [-0.2, 0) is 16.0 Å². The van der Waals surface area contributed by atoms with Gasteiger partial charge in [-0.15, -0.1) is 12.4 Å². The highest BCUT2D eigenvalue weighted by Gasteiger charge is 2.23. The molecule has 1 aromatic rings. The van der Waals surface area contributed by atoms with E-state index in [0.29, 0.717) is 31.0 Å². The van der Waals surface area contributed by atoms with E-state index >= 15 is 0 Å². The molecule has 0 bridgehead atoms. The molecule has 0 saturated carbocycles. The monoisotopic (exact) mass is 353 g/mol. The summed E-state index contributed by atoms with van der Waals surface area (Å²) in [5.41, 5.74) is 7.37. The minimum absolute atomic E-state index is 0. The molecule has 0 radical (unpaired) electrons. The summed E-state index contributed by atoms with van der Waals surface area (Å²) >= 11 is 0. The molecule has 0 aliphatic carbocycles. The SMILES string of the molecule is CCCC(=O)NCC1CCCN(C(=O)Cc2ccc(N)cc2)C1.Cl. The molecule has 2 rings (SSSR count). The molecule has 1 aromatic carbocycles. The molecule has 1 heterocycles. The van der Waals surface area contributed by atoms with Crippen molar-refractivity contribution < 1.29 is 9.59 Å². The maximum Gasteiger partial charge on any atom is 0.226 e. The summed E-state index contributed by atoms with van der Waals surface area (Å²) in [4.78, 5) is 25.9. The van der Waals surface area contributed by atoms with Crippen molar-refractivity contribution in [2.24, 2.45) is 5.92 Å². The van der Waals surface area contributed by atoms with Crippen LogP contribution >= 0.6 is 12.4 Å². The standard InChI is InChI=1S/C18H27N3O2.ClH/c1-2-4-17(22)20-12-15-5-3-10-21(13-15)18(23)11-14-6-8-16(19)9-7-14;/h6-9,15H,2-5,10-13,19H2,1H3,(H,20,22);1H. The number of hydrogen-bond acceptors (Lipinski definition) is 3. The number of piperidine rings is 1. The quantitative estimate of drug-likeness (QED) is 0.771. The zero-order chi connectivity index (χ0) is 16.7. The predicted octanol–water partition coefficient (Wildman–Crippen LogP) is 2.39. The van der Waals surface area contributed by atoms with Gasteiger partial charge in [0.2, 0.25) is 11.8 Å². The molecule has 0 spiro atoms. The Morgan fingerprint density at radius 1 is 1.29 bits per heavy atom. The van der Waals surface area contributed by atoms with Crippen LogP contribution in [0.1, 0.15) is 38.2 Å². The molecule has 0 aromatic heterocycles. The van der Waals surface area contributed by atoms with Crippen LogP contribution in [0.2, 0.25) is 0 Å². The Hall–Kier alpha value is -1.75. The van der Waals surface area contributed by atoms with Gasteiger partial charge in [-0.2, -0.15) is 0 Å². The van der Waals surface area contributed by atoms with Crippen LogP contribution in [0.5, 0.6) is 0 Å². The summed E-state index contributed by atoms with van der Waals surface area (Å²) in [7, 11) is 0. The molecular formula is C18H28ClN3O2. The molecule has 1 atom stereocenters. The molecule has 1 saturated heterocycles. The second kappa shape index (κ2) is 10.2. The molecule has 1 aliphatic heterocycles. The molecule has 2 amide bonds. The summed E-state index contributed by atoms with van der Waals surface area (Å²) in [6.07, 6.45) is 3.92. The number of nitrogens with two attached hydrogens (primary N) is 1. The van der Waals surface area contributed by atoms with Crippen molar-refractivity contribution in [3.05, 3.63) is 29.8 Å². The van der Waals surface area contributed by atoms with Crippen molar-refractivity contribution in [2.75, 3.05) is 25.4 Å². The molecule has 1 aliphatic rings. The molecule has 3 N–H and O–H groups in total. The topological polar surface area (TPSA) is 75.4 Å². The van der Waals surface area contributed by atoms with Gasteiger partial charge in [0, 0.05) is 31.7 Å². The number of nitrogens with zero attached hydrogens (tertiary/aromatic N) is 1. The third kappa shape index (κ3) is 6.40. The van der Waals surface area contributed by atoms with Crippen LogP contribution < -0.4 is 11.1 Å². The number of likely N-dealkylation sites (tertiary alicyclic amines) is 1. The number of nitrogens with one attached hydrogen (secondary N) is 1. The fraction of sp³-hybridized carbons (Fsp3) is 0.556. The number of hydrogen-bond donors (Lipinski definition) is 2. The summed E-state index contributed by atoms with van der Waals surface area (Å²) in [5, 5.41) is 2.98. The second-order valence-electron chi connectivity index (χ2n) is 6.32. The summed E-state index contributed by atoms with van der Waals surface area (Å²) in [6.45, 7) is 4.22. The van der Waals surface area contributed by atoms with Crippen LogP contribution in [0.4, 0.5) is 5.69 Å². The van der Waals surface area contributed by atoms with Crippen LogP contribution in [0.3, 0.4) is 0 Å². The van der Waals surface area contributed by atoms with Crippen LogP contribution in [0.25, 0.3) is 0 Å². The Balaban J connectivity index is 0.00000288. The van der Waals surface area contributed by atoms with E-state index in [9.17, 15) is 9.59 Å². The molecule has 5 nitrogen and oxygen atoms in total. The van der Waals surface area contributed by atoms with E-state index in [1.54, 1.807) is 0 Å². The summed E-state index contributed by atoms with van der Waals surface area (Å²) in [5.74, 6) is 0.622. The minimum atomic E-state index is 0. The van der Waals surface area contributed by atoms with Gasteiger partial charge in [0.15, 0.2) is 0 Å². The second-order valence-corrected chi connectivity index (χ2v) is 6.32. The third-order valence-electron chi connectivity index (χ3n) is 4.27. The van der Waals surface area contributed by atoms with E-state index in [-0.39, 0.29) is 24.2 Å². The first kappa shape index (κ1) is 20.3. The van der Waals surface area contributed by atoms with Gasteiger partial charge < -0.3 is 16.0 Å². The smallest absolute Gasteiger partial charge is 0.226 e. The number of amides is 2. The number of carbonyl (C=O) groups is 2. The largest absolute Gasteiger partial charge is 0.399 e. The van der Waals surface area contributed by atoms with E-state index in [1.165, 1.54) is 0 Å². The minimum Gasteiger partial charge on any atom is -0.399 e. The maximum atomic E-state index is 12.4. The van der Waals surface area contributed by atoms with Crippen molar-refractivity contribution in [1.82, 2.24) is 10.2 Å². The van der Waals surface area contributed by atoms with Crippen molar-refractivity contribution in [3.63, 3.8) is 0 Å². The van der Waals surface area contributed by atoms with Gasteiger partial charge >= 0.3 is 0 Å². The average molecular weight is 354 g/mol. The van der Waals surface area contributed by atoms with Gasteiger partial charge in [0.05, 0.1) is 6.42 Å². The van der Waals surface area contributed by atoms with Crippen molar-refractivity contribution in [3.8, 4) is 0 Å². The van der Waals surface area contributed by atoms with Crippen LogP contribution in [0, 0.1) is 5.92 Å². The van der Waals surface area contributed by atoms with Gasteiger partial charge in [-0.25, -0.2) is 0 Å². The Morgan fingerprint density at radius 3 is 2.67 bits per heavy atom. The van der Waals surface area contributed by atoms with Crippen molar-refractivity contribution in [1.29, 1.82) is 0 Å². The Labute approximate surface area is 150 Å². The number of rotatable bonds is 6. The average Bonchev–Trinajstić information content (AvgIpc) is 2.55. The lowest BCUT2D eigenvalue weighted by Gasteiger charge is -2.33. The molecule has 134 valence electrons. The number of nitrogen functional groups attached to an aromatic ring is 1. The highest BCUT2D eigenvalue weighted by molar-refractivity contribution is 5.85. The van der Waals surface area contributed by atoms with Crippen LogP contribution in [-0.4, -0.2) is 36.3 Å². The van der Waals surface area contributed by atoms with Gasteiger partial charge in [-0.3, -0.25) is 9.59 Å². The molecule has 6 heteroatoms. The van der Waals surface area contributed by atoms with Gasteiger partial charge in [0.1, 0.15) is 0 Å². The maximum absolute atomic E-state index is 12.4. The fourth-order valence-corrected chi connectivity index (χ4v) is 2.95. The first-order valence-corrected chi connectivity index (χ1v) is 8.47. The van der Waals surface area contributed by atoms with E-state index in [1.807, 2.05) is 36.1 Å². The fourth-order valence-electron chi connectivity index (χ4n) is 2.95. The van der Waals surface area contributed by atoms with E-state index in [4.69, 9.17) is 5.73 Å². The van der Waals surface area contributed by atoms with E-state index in [0.717, 1.165) is 37.9 Å². The number of anilines is 1. The molecule has 24 heavy (non-hydrogen) atoms. The Morgan fingerprint density at radius 2 is 2.00 bits per heavy atom. The molecule has 1 unspecified atom stereocenters. The lowest BCUT2D eigenvalue weighted by atomic mass is 9.97. The zero-order valence-electron chi connectivity index (χ0n) is 14.3. The predicted molar refractivity (Wildman–Crippen MR) is 99.0 cm³/mol. The van der Waals surface area contributed by atoms with E-state index < -0.39 is 0 Å². The van der Waals surface area contributed by atoms with Crippen LogP contribution in [0.15, 0.2) is 24.3 Å². The van der Waals surface area contributed by atoms with Gasteiger partial charge in [-0.1, -0.05) is 19.1 Å². The van der Waals surface area contributed by atoms with Gasteiger partial charge in [0.25, 0.3) is 0 Å². The zero-order valence-corrected chi connectivity index (χ0v) is 15.1. The lowest BCUT2D eigenvalue weighted by molar-refractivity contribution is -0.132. The highest BCUT2D eigenvalue weighted by Crippen LogP contribution is 2.17. The number of benzene rings is 1. The number of halogens is 1. The lowest BCUT2D eigenvalue weighted by Crippen LogP contribution is -2.44.